The monoisotopic (exact) mass is 271 g/mol. The highest BCUT2D eigenvalue weighted by molar-refractivity contribution is 4.89. The van der Waals surface area contributed by atoms with E-state index in [0.717, 1.165) is 25.7 Å². The Hall–Kier alpha value is -0.160. The van der Waals surface area contributed by atoms with Gasteiger partial charge >= 0.3 is 0 Å². The second-order valence-corrected chi connectivity index (χ2v) is 6.50. The van der Waals surface area contributed by atoms with Crippen molar-refractivity contribution in [2.24, 2.45) is 5.92 Å². The lowest BCUT2D eigenvalue weighted by atomic mass is 9.80. The largest absolute Gasteiger partial charge is 0.389 e. The smallest absolute Gasteiger partial charge is 0.0897 e. The van der Waals surface area contributed by atoms with Crippen molar-refractivity contribution in [2.45, 2.75) is 69.7 Å². The van der Waals surface area contributed by atoms with Crippen LogP contribution in [0.25, 0.3) is 0 Å². The molecule has 2 fully saturated rings. The van der Waals surface area contributed by atoms with Gasteiger partial charge in [-0.2, -0.15) is 0 Å². The minimum absolute atomic E-state index is 0.319. The van der Waals surface area contributed by atoms with Crippen molar-refractivity contribution in [2.75, 3.05) is 19.7 Å². The topological polar surface area (TPSA) is 61.7 Å². The van der Waals surface area contributed by atoms with Crippen molar-refractivity contribution in [1.82, 2.24) is 5.32 Å². The van der Waals surface area contributed by atoms with Crippen molar-refractivity contribution in [1.29, 1.82) is 0 Å². The van der Waals surface area contributed by atoms with Crippen LogP contribution >= 0.6 is 0 Å². The van der Waals surface area contributed by atoms with Gasteiger partial charge in [0.2, 0.25) is 0 Å². The first-order valence-electron chi connectivity index (χ1n) is 7.82. The summed E-state index contributed by atoms with van der Waals surface area (Å²) in [5.41, 5.74) is -0.515. The molecule has 0 aromatic heterocycles. The van der Waals surface area contributed by atoms with Crippen molar-refractivity contribution < 1.29 is 14.9 Å². The first kappa shape index (κ1) is 15.2. The summed E-state index contributed by atoms with van der Waals surface area (Å²) >= 11 is 0. The summed E-state index contributed by atoms with van der Waals surface area (Å²) in [5.74, 6) is 0.615. The first-order chi connectivity index (χ1) is 9.09. The molecule has 0 saturated heterocycles. The number of nitrogens with one attached hydrogen (secondary N) is 1. The minimum atomic E-state index is -0.515. The third-order valence-electron chi connectivity index (χ3n) is 4.65. The fraction of sp³-hybridized carbons (Fsp3) is 1.00. The van der Waals surface area contributed by atoms with Gasteiger partial charge in [-0.3, -0.25) is 0 Å². The van der Waals surface area contributed by atoms with Gasteiger partial charge in [-0.1, -0.05) is 19.8 Å². The molecule has 3 unspecified atom stereocenters. The fourth-order valence-corrected chi connectivity index (χ4v) is 3.06. The number of aliphatic hydroxyl groups excluding tert-OH is 1. The first-order valence-corrected chi connectivity index (χ1v) is 7.82. The average molecular weight is 271 g/mol. The molecule has 2 rings (SSSR count). The second kappa shape index (κ2) is 7.02. The Morgan fingerprint density at radius 2 is 2.00 bits per heavy atom. The molecule has 3 N–H and O–H groups in total. The molecule has 2 saturated carbocycles. The normalized spacial score (nSPS) is 31.7. The molecule has 0 aromatic carbocycles. The predicted molar refractivity (Wildman–Crippen MR) is 75.0 cm³/mol. The maximum atomic E-state index is 9.92. The Balaban J connectivity index is 1.55. The van der Waals surface area contributed by atoms with E-state index in [1.807, 2.05) is 0 Å². The third-order valence-corrected chi connectivity index (χ3v) is 4.65. The van der Waals surface area contributed by atoms with Gasteiger partial charge in [-0.05, 0) is 38.0 Å². The minimum Gasteiger partial charge on any atom is -0.389 e. The summed E-state index contributed by atoms with van der Waals surface area (Å²) in [7, 11) is 0. The third kappa shape index (κ3) is 4.71. The molecule has 0 aromatic rings. The lowest BCUT2D eigenvalue weighted by Crippen LogP contribution is -2.48. The Labute approximate surface area is 116 Å². The van der Waals surface area contributed by atoms with Crippen molar-refractivity contribution in [3.05, 3.63) is 0 Å². The molecular weight excluding hydrogens is 242 g/mol. The van der Waals surface area contributed by atoms with Crippen LogP contribution in [0, 0.1) is 5.92 Å². The van der Waals surface area contributed by atoms with Gasteiger partial charge in [-0.15, -0.1) is 0 Å². The van der Waals surface area contributed by atoms with E-state index < -0.39 is 11.7 Å². The number of rotatable bonds is 7. The van der Waals surface area contributed by atoms with E-state index in [1.54, 1.807) is 0 Å². The lowest BCUT2D eigenvalue weighted by molar-refractivity contribution is -0.0520. The van der Waals surface area contributed by atoms with Crippen LogP contribution in [0.5, 0.6) is 0 Å². The van der Waals surface area contributed by atoms with E-state index >= 15 is 0 Å². The maximum absolute atomic E-state index is 9.92. The molecule has 0 aliphatic heterocycles. The molecule has 0 spiro atoms. The SMILES string of the molecule is CC1CCCCC1OCC(O)CNCC1(O)CCC1. The zero-order valence-electron chi connectivity index (χ0n) is 12.1. The number of ether oxygens (including phenoxy) is 1. The Bertz CT molecular complexity index is 268. The highest BCUT2D eigenvalue weighted by atomic mass is 16.5. The molecule has 0 bridgehead atoms. The summed E-state index contributed by atoms with van der Waals surface area (Å²) in [5, 5.41) is 22.9. The van der Waals surface area contributed by atoms with Crippen molar-refractivity contribution >= 4 is 0 Å². The number of hydrogen-bond donors (Lipinski definition) is 3. The molecule has 0 amide bonds. The average Bonchev–Trinajstić information content (AvgIpc) is 2.36. The van der Waals surface area contributed by atoms with E-state index in [4.69, 9.17) is 4.74 Å². The van der Waals surface area contributed by atoms with Gasteiger partial charge in [0.1, 0.15) is 0 Å². The van der Waals surface area contributed by atoms with Crippen LogP contribution in [0.2, 0.25) is 0 Å². The lowest BCUT2D eigenvalue weighted by Gasteiger charge is -2.37. The van der Waals surface area contributed by atoms with E-state index in [-0.39, 0.29) is 0 Å². The Kier molecular flexibility index (Phi) is 5.63. The molecule has 4 nitrogen and oxygen atoms in total. The van der Waals surface area contributed by atoms with Crippen LogP contribution in [0.1, 0.15) is 51.9 Å². The van der Waals surface area contributed by atoms with Gasteiger partial charge < -0.3 is 20.3 Å². The van der Waals surface area contributed by atoms with Crippen LogP contribution in [0.15, 0.2) is 0 Å². The highest BCUT2D eigenvalue weighted by Gasteiger charge is 2.33. The van der Waals surface area contributed by atoms with Crippen molar-refractivity contribution in [3.63, 3.8) is 0 Å². The van der Waals surface area contributed by atoms with Gasteiger partial charge in [-0.25, -0.2) is 0 Å². The predicted octanol–water partition coefficient (Wildman–Crippen LogP) is 1.45. The van der Waals surface area contributed by atoms with Crippen LogP contribution < -0.4 is 5.32 Å². The quantitative estimate of drug-likeness (QED) is 0.656. The molecular formula is C15H29NO3. The standard InChI is InChI=1S/C15H29NO3/c1-12-5-2-3-6-14(12)19-10-13(17)9-16-11-15(18)7-4-8-15/h12-14,16-18H,2-11H2,1H3. The van der Waals surface area contributed by atoms with Gasteiger partial charge in [0.15, 0.2) is 0 Å². The molecule has 3 atom stereocenters. The summed E-state index contributed by atoms with van der Waals surface area (Å²) in [6, 6.07) is 0. The van der Waals surface area contributed by atoms with Crippen LogP contribution in [0.4, 0.5) is 0 Å². The molecule has 2 aliphatic rings. The van der Waals surface area contributed by atoms with Crippen LogP contribution in [-0.4, -0.2) is 47.7 Å². The fourth-order valence-electron chi connectivity index (χ4n) is 3.06. The zero-order valence-corrected chi connectivity index (χ0v) is 12.1. The Morgan fingerprint density at radius 3 is 2.63 bits per heavy atom. The van der Waals surface area contributed by atoms with Gasteiger partial charge in [0.25, 0.3) is 0 Å². The van der Waals surface area contributed by atoms with E-state index in [9.17, 15) is 10.2 Å². The molecule has 2 aliphatic carbocycles. The summed E-state index contributed by atoms with van der Waals surface area (Å²) in [6.45, 7) is 3.73. The molecule has 0 radical (unpaired) electrons. The maximum Gasteiger partial charge on any atom is 0.0897 e. The second-order valence-electron chi connectivity index (χ2n) is 6.50. The Morgan fingerprint density at radius 1 is 1.26 bits per heavy atom. The summed E-state index contributed by atoms with van der Waals surface area (Å²) in [4.78, 5) is 0. The van der Waals surface area contributed by atoms with Gasteiger partial charge in [0, 0.05) is 13.1 Å². The van der Waals surface area contributed by atoms with Gasteiger partial charge in [0.05, 0.1) is 24.4 Å². The molecule has 4 heteroatoms. The number of hydrogen-bond acceptors (Lipinski definition) is 4. The molecule has 112 valence electrons. The molecule has 0 heterocycles. The summed E-state index contributed by atoms with van der Waals surface area (Å²) < 4.78 is 5.83. The number of aliphatic hydroxyl groups is 2. The zero-order chi connectivity index (χ0) is 13.7. The summed E-state index contributed by atoms with van der Waals surface area (Å²) in [6.07, 6.45) is 7.65. The molecule has 19 heavy (non-hydrogen) atoms. The van der Waals surface area contributed by atoms with E-state index in [2.05, 4.69) is 12.2 Å². The van der Waals surface area contributed by atoms with Crippen LogP contribution in [-0.2, 0) is 4.74 Å². The highest BCUT2D eigenvalue weighted by Crippen LogP contribution is 2.30. The van der Waals surface area contributed by atoms with E-state index in [0.29, 0.717) is 31.7 Å². The van der Waals surface area contributed by atoms with E-state index in [1.165, 1.54) is 19.3 Å². The van der Waals surface area contributed by atoms with Crippen molar-refractivity contribution in [3.8, 4) is 0 Å². The van der Waals surface area contributed by atoms with Crippen LogP contribution in [0.3, 0.4) is 0 Å².